The van der Waals surface area contributed by atoms with Gasteiger partial charge in [-0.25, -0.2) is 0 Å². The van der Waals surface area contributed by atoms with Crippen LogP contribution in [0.2, 0.25) is 0 Å². The van der Waals surface area contributed by atoms with E-state index in [-0.39, 0.29) is 17.4 Å². The van der Waals surface area contributed by atoms with Gasteiger partial charge in [0.25, 0.3) is 5.91 Å². The fraction of sp³-hybridized carbons (Fsp3) is 0.231. The van der Waals surface area contributed by atoms with Gasteiger partial charge >= 0.3 is 0 Å². The van der Waals surface area contributed by atoms with Crippen LogP contribution in [0.4, 0.5) is 0 Å². The molecule has 0 aliphatic carbocycles. The van der Waals surface area contributed by atoms with Crippen LogP contribution in [0.5, 0.6) is 5.75 Å². The molecule has 6 heteroatoms. The molecule has 0 aliphatic heterocycles. The molecule has 2 aromatic rings. The largest absolute Gasteiger partial charge is 0.508 e. The molecule has 0 radical (unpaired) electrons. The van der Waals surface area contributed by atoms with Crippen LogP contribution in [0.3, 0.4) is 0 Å². The Hall–Kier alpha value is -2.34. The predicted molar refractivity (Wildman–Crippen MR) is 67.8 cm³/mol. The van der Waals surface area contributed by atoms with E-state index < -0.39 is 0 Å². The molecule has 2 rings (SSSR count). The highest BCUT2D eigenvalue weighted by Crippen LogP contribution is 2.22. The van der Waals surface area contributed by atoms with Crippen LogP contribution in [0, 0.1) is 0 Å². The van der Waals surface area contributed by atoms with Crippen LogP contribution in [-0.4, -0.2) is 36.4 Å². The van der Waals surface area contributed by atoms with E-state index >= 15 is 0 Å². The van der Waals surface area contributed by atoms with Crippen molar-refractivity contribution in [2.75, 3.05) is 20.3 Å². The van der Waals surface area contributed by atoms with Gasteiger partial charge in [-0.1, -0.05) is 5.16 Å². The summed E-state index contributed by atoms with van der Waals surface area (Å²) in [6.45, 7) is 0.852. The average molecular weight is 262 g/mol. The van der Waals surface area contributed by atoms with Gasteiger partial charge in [0.15, 0.2) is 11.5 Å². The molecule has 100 valence electrons. The summed E-state index contributed by atoms with van der Waals surface area (Å²) in [5.41, 5.74) is 0.945. The molecule has 1 amide bonds. The van der Waals surface area contributed by atoms with Gasteiger partial charge in [0.05, 0.1) is 6.61 Å². The highest BCUT2D eigenvalue weighted by Gasteiger charge is 2.13. The maximum Gasteiger partial charge on any atom is 0.273 e. The average Bonchev–Trinajstić information content (AvgIpc) is 2.89. The monoisotopic (exact) mass is 262 g/mol. The first kappa shape index (κ1) is 13.1. The molecule has 1 aromatic carbocycles. The Morgan fingerprint density at radius 1 is 1.42 bits per heavy atom. The van der Waals surface area contributed by atoms with E-state index in [2.05, 4.69) is 10.5 Å². The van der Waals surface area contributed by atoms with Gasteiger partial charge in [-0.15, -0.1) is 0 Å². The van der Waals surface area contributed by atoms with Crippen LogP contribution in [0.15, 0.2) is 34.9 Å². The summed E-state index contributed by atoms with van der Waals surface area (Å²) in [5.74, 6) is 0.323. The minimum Gasteiger partial charge on any atom is -0.508 e. The fourth-order valence-corrected chi connectivity index (χ4v) is 1.50. The molecule has 1 heterocycles. The zero-order valence-corrected chi connectivity index (χ0v) is 10.4. The van der Waals surface area contributed by atoms with Gasteiger partial charge < -0.3 is 19.7 Å². The molecular weight excluding hydrogens is 248 g/mol. The molecule has 2 N–H and O–H groups in total. The minimum absolute atomic E-state index is 0.167. The number of phenolic OH excluding ortho intramolecular Hbond substituents is 1. The van der Waals surface area contributed by atoms with Crippen molar-refractivity contribution in [3.63, 3.8) is 0 Å². The van der Waals surface area contributed by atoms with E-state index in [9.17, 15) is 9.90 Å². The van der Waals surface area contributed by atoms with E-state index in [1.54, 1.807) is 25.3 Å². The number of ether oxygens (including phenoxy) is 1. The van der Waals surface area contributed by atoms with Crippen molar-refractivity contribution < 1.29 is 19.2 Å². The normalized spacial score (nSPS) is 10.4. The van der Waals surface area contributed by atoms with Gasteiger partial charge in [-0.05, 0) is 24.3 Å². The van der Waals surface area contributed by atoms with E-state index in [1.807, 2.05) is 0 Å². The number of nitrogens with zero attached hydrogens (tertiary/aromatic N) is 1. The molecule has 6 nitrogen and oxygen atoms in total. The quantitative estimate of drug-likeness (QED) is 0.796. The lowest BCUT2D eigenvalue weighted by atomic mass is 10.1. The lowest BCUT2D eigenvalue weighted by Gasteiger charge is -2.00. The molecule has 0 unspecified atom stereocenters. The minimum atomic E-state index is -0.314. The molecule has 1 aromatic heterocycles. The summed E-state index contributed by atoms with van der Waals surface area (Å²) < 4.78 is 9.93. The maximum atomic E-state index is 11.7. The Balaban J connectivity index is 2.06. The van der Waals surface area contributed by atoms with Crippen molar-refractivity contribution in [3.05, 3.63) is 36.0 Å². The van der Waals surface area contributed by atoms with Gasteiger partial charge in [0.1, 0.15) is 5.75 Å². The number of aromatic hydroxyl groups is 1. The molecular formula is C13H14N2O4. The number of carbonyl (C=O) groups is 1. The van der Waals surface area contributed by atoms with Crippen LogP contribution in [0.1, 0.15) is 10.5 Å². The Kier molecular flexibility index (Phi) is 4.15. The smallest absolute Gasteiger partial charge is 0.273 e. The van der Waals surface area contributed by atoms with E-state index in [0.717, 1.165) is 5.56 Å². The number of nitrogens with one attached hydrogen (secondary N) is 1. The maximum absolute atomic E-state index is 11.7. The van der Waals surface area contributed by atoms with Gasteiger partial charge in [-0.3, -0.25) is 4.79 Å². The number of methoxy groups -OCH3 is 1. The number of carbonyl (C=O) groups excluding carboxylic acids is 1. The molecule has 0 saturated heterocycles. The SMILES string of the molecule is COCCNC(=O)c1cc(-c2ccc(O)cc2)on1. The predicted octanol–water partition coefficient (Wildman–Crippen LogP) is 1.42. The van der Waals surface area contributed by atoms with Crippen LogP contribution in [-0.2, 0) is 4.74 Å². The topological polar surface area (TPSA) is 84.6 Å². The summed E-state index contributed by atoms with van der Waals surface area (Å²) in [5, 5.41) is 15.5. The van der Waals surface area contributed by atoms with Crippen LogP contribution < -0.4 is 5.32 Å². The number of benzene rings is 1. The Morgan fingerprint density at radius 3 is 2.84 bits per heavy atom. The zero-order valence-electron chi connectivity index (χ0n) is 10.4. The van der Waals surface area contributed by atoms with E-state index in [4.69, 9.17) is 9.26 Å². The summed E-state index contributed by atoms with van der Waals surface area (Å²) in [6, 6.07) is 7.99. The molecule has 19 heavy (non-hydrogen) atoms. The van der Waals surface area contributed by atoms with Crippen molar-refractivity contribution >= 4 is 5.91 Å². The number of aromatic nitrogens is 1. The summed E-state index contributed by atoms with van der Waals surface area (Å²) in [7, 11) is 1.56. The Bertz CT molecular complexity index is 548. The Labute approximate surface area is 110 Å². The summed E-state index contributed by atoms with van der Waals surface area (Å²) in [4.78, 5) is 11.7. The van der Waals surface area contributed by atoms with Gasteiger partial charge in [0, 0.05) is 25.3 Å². The zero-order chi connectivity index (χ0) is 13.7. The first-order valence-electron chi connectivity index (χ1n) is 5.74. The number of amides is 1. The molecule has 0 fully saturated rings. The highest BCUT2D eigenvalue weighted by molar-refractivity contribution is 5.93. The Morgan fingerprint density at radius 2 is 2.16 bits per heavy atom. The number of phenols is 1. The molecule has 0 atom stereocenters. The molecule has 0 aliphatic rings. The van der Waals surface area contributed by atoms with Crippen molar-refractivity contribution in [1.82, 2.24) is 10.5 Å². The molecule has 0 saturated carbocycles. The van der Waals surface area contributed by atoms with Crippen LogP contribution in [0.25, 0.3) is 11.3 Å². The number of rotatable bonds is 5. The number of hydrogen-bond acceptors (Lipinski definition) is 5. The third-order valence-electron chi connectivity index (χ3n) is 2.49. The lowest BCUT2D eigenvalue weighted by Crippen LogP contribution is -2.27. The second-order valence-electron chi connectivity index (χ2n) is 3.87. The summed E-state index contributed by atoms with van der Waals surface area (Å²) >= 11 is 0. The van der Waals surface area contributed by atoms with Gasteiger partial charge in [0.2, 0.25) is 0 Å². The van der Waals surface area contributed by atoms with E-state index in [1.165, 1.54) is 12.1 Å². The first-order valence-corrected chi connectivity index (χ1v) is 5.74. The van der Waals surface area contributed by atoms with E-state index in [0.29, 0.717) is 18.9 Å². The van der Waals surface area contributed by atoms with Crippen molar-refractivity contribution in [1.29, 1.82) is 0 Å². The lowest BCUT2D eigenvalue weighted by molar-refractivity contribution is 0.0928. The third kappa shape index (κ3) is 3.32. The van der Waals surface area contributed by atoms with Crippen molar-refractivity contribution in [2.24, 2.45) is 0 Å². The second kappa shape index (κ2) is 6.01. The molecule has 0 spiro atoms. The van der Waals surface area contributed by atoms with Crippen molar-refractivity contribution in [3.8, 4) is 17.1 Å². The standard InChI is InChI=1S/C13H14N2O4/c1-18-7-6-14-13(17)11-8-12(19-15-11)9-2-4-10(16)5-3-9/h2-5,8,16H,6-7H2,1H3,(H,14,17). The second-order valence-corrected chi connectivity index (χ2v) is 3.87. The molecule has 0 bridgehead atoms. The number of hydrogen-bond donors (Lipinski definition) is 2. The van der Waals surface area contributed by atoms with Crippen LogP contribution >= 0.6 is 0 Å². The van der Waals surface area contributed by atoms with Gasteiger partial charge in [-0.2, -0.15) is 0 Å². The fourth-order valence-electron chi connectivity index (χ4n) is 1.50. The third-order valence-corrected chi connectivity index (χ3v) is 2.49. The van der Waals surface area contributed by atoms with Crippen molar-refractivity contribution in [2.45, 2.75) is 0 Å². The summed E-state index contributed by atoms with van der Waals surface area (Å²) in [6.07, 6.45) is 0. The highest BCUT2D eigenvalue weighted by atomic mass is 16.5. The first-order chi connectivity index (χ1) is 9.20.